The Hall–Kier alpha value is -1.38. The van der Waals surface area contributed by atoms with Gasteiger partial charge in [0.25, 0.3) is 0 Å². The molecule has 0 atom stereocenters. The number of hydrogen-bond acceptors (Lipinski definition) is 4. The maximum absolute atomic E-state index is 6.45. The minimum absolute atomic E-state index is 0.504. The van der Waals surface area contributed by atoms with Gasteiger partial charge in [0, 0.05) is 16.1 Å². The van der Waals surface area contributed by atoms with Gasteiger partial charge < -0.3 is 0 Å². The number of halogens is 2. The summed E-state index contributed by atoms with van der Waals surface area (Å²) in [6.45, 7) is 3.84. The monoisotopic (exact) mass is 364 g/mol. The molecule has 0 bridgehead atoms. The van der Waals surface area contributed by atoms with E-state index in [0.717, 1.165) is 22.3 Å². The van der Waals surface area contributed by atoms with Crippen molar-refractivity contribution in [3.05, 3.63) is 45.4 Å². The average molecular weight is 365 g/mol. The third-order valence-corrected chi connectivity index (χ3v) is 3.98. The number of hydrogen-bond donors (Lipinski definition) is 0. The van der Waals surface area contributed by atoms with Crippen LogP contribution in [0.25, 0.3) is 11.1 Å². The molecular weight excluding hydrogens is 355 g/mol. The predicted octanol–water partition coefficient (Wildman–Crippen LogP) is 6.75. The SMILES string of the molecule is Cc1cc(Cl)ccc1-c1c(Cl)cc(N=C=S)c(C)c1N=C=S. The lowest BCUT2D eigenvalue weighted by atomic mass is 9.96. The summed E-state index contributed by atoms with van der Waals surface area (Å²) in [7, 11) is 0. The van der Waals surface area contributed by atoms with Gasteiger partial charge in [0.2, 0.25) is 0 Å². The number of benzene rings is 2. The molecule has 2 aromatic carbocycles. The van der Waals surface area contributed by atoms with Crippen molar-refractivity contribution in [3.8, 4) is 11.1 Å². The molecule has 0 unspecified atom stereocenters. The molecule has 0 aliphatic heterocycles. The van der Waals surface area contributed by atoms with Crippen molar-refractivity contribution in [2.75, 3.05) is 0 Å². The Morgan fingerprint density at radius 1 is 1.00 bits per heavy atom. The van der Waals surface area contributed by atoms with Crippen molar-refractivity contribution in [3.63, 3.8) is 0 Å². The molecule has 0 amide bonds. The van der Waals surface area contributed by atoms with Crippen LogP contribution >= 0.6 is 47.6 Å². The van der Waals surface area contributed by atoms with E-state index < -0.39 is 0 Å². The van der Waals surface area contributed by atoms with Gasteiger partial charge in [-0.1, -0.05) is 29.3 Å². The van der Waals surface area contributed by atoms with Gasteiger partial charge in [0.05, 0.1) is 26.7 Å². The highest BCUT2D eigenvalue weighted by atomic mass is 35.5. The van der Waals surface area contributed by atoms with Crippen LogP contribution in [0, 0.1) is 13.8 Å². The van der Waals surface area contributed by atoms with E-state index in [1.54, 1.807) is 6.07 Å². The Kier molecular flexibility index (Phi) is 5.60. The van der Waals surface area contributed by atoms with Crippen LogP contribution < -0.4 is 0 Å². The Morgan fingerprint density at radius 2 is 1.68 bits per heavy atom. The Bertz CT molecular complexity index is 850. The van der Waals surface area contributed by atoms with Gasteiger partial charge in [-0.3, -0.25) is 0 Å². The molecule has 0 N–H and O–H groups in total. The van der Waals surface area contributed by atoms with Gasteiger partial charge in [-0.05, 0) is 67.6 Å². The lowest BCUT2D eigenvalue weighted by Gasteiger charge is -2.14. The Morgan fingerprint density at radius 3 is 2.27 bits per heavy atom. The molecule has 2 nitrogen and oxygen atoms in total. The fourth-order valence-corrected chi connectivity index (χ4v) is 2.95. The summed E-state index contributed by atoms with van der Waals surface area (Å²) in [6.07, 6.45) is 0. The normalized spacial score (nSPS) is 9.82. The minimum Gasteiger partial charge on any atom is -0.194 e. The summed E-state index contributed by atoms with van der Waals surface area (Å²) in [6, 6.07) is 7.32. The van der Waals surface area contributed by atoms with E-state index in [-0.39, 0.29) is 0 Å². The van der Waals surface area contributed by atoms with Gasteiger partial charge in [-0.15, -0.1) is 0 Å². The highest BCUT2D eigenvalue weighted by molar-refractivity contribution is 7.78. The molecule has 0 saturated heterocycles. The second kappa shape index (κ2) is 7.26. The summed E-state index contributed by atoms with van der Waals surface area (Å²) >= 11 is 21.9. The molecule has 2 aromatic rings. The van der Waals surface area contributed by atoms with Gasteiger partial charge in [-0.2, -0.15) is 9.98 Å². The molecular formula is C16H10Cl2N2S2. The predicted molar refractivity (Wildman–Crippen MR) is 101 cm³/mol. The molecule has 0 radical (unpaired) electrons. The zero-order chi connectivity index (χ0) is 16.3. The third kappa shape index (κ3) is 3.34. The van der Waals surface area contributed by atoms with Crippen LogP contribution in [0.1, 0.15) is 11.1 Å². The van der Waals surface area contributed by atoms with Crippen molar-refractivity contribution in [2.24, 2.45) is 9.98 Å². The first-order chi connectivity index (χ1) is 10.5. The Balaban J connectivity index is 2.88. The molecule has 2 rings (SSSR count). The topological polar surface area (TPSA) is 24.7 Å². The Labute approximate surface area is 149 Å². The smallest absolute Gasteiger partial charge is 0.0883 e. The van der Waals surface area contributed by atoms with Crippen LogP contribution in [0.3, 0.4) is 0 Å². The largest absolute Gasteiger partial charge is 0.194 e. The van der Waals surface area contributed by atoms with Crippen LogP contribution in [-0.4, -0.2) is 10.3 Å². The van der Waals surface area contributed by atoms with Crippen molar-refractivity contribution in [1.82, 2.24) is 0 Å². The van der Waals surface area contributed by atoms with Crippen LogP contribution in [0.4, 0.5) is 11.4 Å². The molecule has 0 heterocycles. The first kappa shape index (κ1) is 17.0. The number of rotatable bonds is 3. The third-order valence-electron chi connectivity index (χ3n) is 3.26. The zero-order valence-corrected chi connectivity index (χ0v) is 14.9. The highest BCUT2D eigenvalue weighted by Crippen LogP contribution is 2.44. The summed E-state index contributed by atoms with van der Waals surface area (Å²) < 4.78 is 0. The summed E-state index contributed by atoms with van der Waals surface area (Å²) in [4.78, 5) is 8.19. The first-order valence-corrected chi connectivity index (χ1v) is 7.82. The molecule has 110 valence electrons. The van der Waals surface area contributed by atoms with Gasteiger partial charge >= 0.3 is 0 Å². The molecule has 22 heavy (non-hydrogen) atoms. The number of isothiocyanates is 2. The zero-order valence-electron chi connectivity index (χ0n) is 11.8. The van der Waals surface area contributed by atoms with E-state index in [9.17, 15) is 0 Å². The molecule has 0 aliphatic rings. The highest BCUT2D eigenvalue weighted by Gasteiger charge is 2.17. The van der Waals surface area contributed by atoms with Crippen LogP contribution in [-0.2, 0) is 0 Å². The average Bonchev–Trinajstić information content (AvgIpc) is 2.46. The van der Waals surface area contributed by atoms with Gasteiger partial charge in [0.15, 0.2) is 0 Å². The van der Waals surface area contributed by atoms with Crippen LogP contribution in [0.15, 0.2) is 34.3 Å². The fourth-order valence-electron chi connectivity index (χ4n) is 2.24. The summed E-state index contributed by atoms with van der Waals surface area (Å²) in [5.74, 6) is 0. The number of nitrogens with zero attached hydrogens (tertiary/aromatic N) is 2. The van der Waals surface area contributed by atoms with Crippen molar-refractivity contribution in [1.29, 1.82) is 0 Å². The minimum atomic E-state index is 0.504. The van der Waals surface area contributed by atoms with Crippen LogP contribution in [0.2, 0.25) is 10.0 Å². The number of aliphatic imine (C=N–C) groups is 2. The maximum atomic E-state index is 6.45. The molecule has 0 aliphatic carbocycles. The summed E-state index contributed by atoms with van der Waals surface area (Å²) in [5.41, 5.74) is 4.73. The second-order valence-electron chi connectivity index (χ2n) is 4.59. The molecule has 0 aromatic heterocycles. The van der Waals surface area contributed by atoms with Gasteiger partial charge in [-0.25, -0.2) is 0 Å². The lowest BCUT2D eigenvalue weighted by Crippen LogP contribution is -1.89. The molecule has 0 saturated carbocycles. The van der Waals surface area contributed by atoms with Gasteiger partial charge in [0.1, 0.15) is 0 Å². The van der Waals surface area contributed by atoms with E-state index in [1.807, 2.05) is 32.0 Å². The standard InChI is InChI=1S/C16H10Cl2N2S2/c1-9-5-11(17)3-4-12(9)15-13(18)6-14(19-7-21)10(2)16(15)20-8-22/h3-6H,1-2H3. The fraction of sp³-hybridized carbons (Fsp3) is 0.125. The van der Waals surface area contributed by atoms with Crippen molar-refractivity contribution >= 4 is 69.3 Å². The molecule has 0 spiro atoms. The van der Waals surface area contributed by atoms with E-state index in [2.05, 4.69) is 32.5 Å². The van der Waals surface area contributed by atoms with Crippen molar-refractivity contribution < 1.29 is 0 Å². The van der Waals surface area contributed by atoms with Crippen LogP contribution in [0.5, 0.6) is 0 Å². The van der Waals surface area contributed by atoms with E-state index in [0.29, 0.717) is 21.4 Å². The summed E-state index contributed by atoms with van der Waals surface area (Å²) in [5, 5.41) is 5.91. The number of thiocarbonyl (C=S) groups is 2. The van der Waals surface area contributed by atoms with Crippen molar-refractivity contribution in [2.45, 2.75) is 13.8 Å². The first-order valence-electron chi connectivity index (χ1n) is 6.25. The van der Waals surface area contributed by atoms with E-state index in [4.69, 9.17) is 35.4 Å². The lowest BCUT2D eigenvalue weighted by molar-refractivity contribution is 1.36. The number of aryl methyl sites for hydroxylation is 1. The quantitative estimate of drug-likeness (QED) is 0.444. The van der Waals surface area contributed by atoms with E-state index in [1.165, 1.54) is 0 Å². The molecule has 0 fully saturated rings. The second-order valence-corrected chi connectivity index (χ2v) is 5.80. The maximum Gasteiger partial charge on any atom is 0.0883 e. The molecule has 6 heteroatoms. The van der Waals surface area contributed by atoms with E-state index >= 15 is 0 Å².